The first kappa shape index (κ1) is 13.6. The fourth-order valence-corrected chi connectivity index (χ4v) is 2.92. The zero-order valence-corrected chi connectivity index (χ0v) is 11.4. The van der Waals surface area contributed by atoms with Gasteiger partial charge in [-0.3, -0.25) is 4.79 Å². The molecule has 0 unspecified atom stereocenters. The molecular weight excluding hydrogens is 236 g/mol. The maximum atomic E-state index is 12.8. The highest BCUT2D eigenvalue weighted by atomic mass is 16.5. The third-order valence-corrected chi connectivity index (χ3v) is 3.98. The van der Waals surface area contributed by atoms with Crippen molar-refractivity contribution < 1.29 is 9.53 Å². The molecule has 0 aromatic heterocycles. The fraction of sp³-hybridized carbons (Fsp3) is 0.353. The van der Waals surface area contributed by atoms with Crippen LogP contribution in [0.2, 0.25) is 0 Å². The van der Waals surface area contributed by atoms with Crippen molar-refractivity contribution in [3.63, 3.8) is 0 Å². The predicted octanol–water partition coefficient (Wildman–Crippen LogP) is 3.96. The second-order valence-electron chi connectivity index (χ2n) is 5.12. The number of hydrogen-bond donors (Lipinski definition) is 0. The van der Waals surface area contributed by atoms with Crippen molar-refractivity contribution in [3.8, 4) is 5.75 Å². The average molecular weight is 256 g/mol. The lowest BCUT2D eigenvalue weighted by Crippen LogP contribution is -2.35. The van der Waals surface area contributed by atoms with Gasteiger partial charge >= 0.3 is 0 Å². The number of benzene rings is 1. The van der Waals surface area contributed by atoms with Gasteiger partial charge in [-0.1, -0.05) is 12.2 Å². The van der Waals surface area contributed by atoms with Crippen molar-refractivity contribution >= 4 is 5.78 Å². The Kier molecular flexibility index (Phi) is 3.89. The van der Waals surface area contributed by atoms with Gasteiger partial charge in [-0.2, -0.15) is 0 Å². The second kappa shape index (κ2) is 5.43. The van der Waals surface area contributed by atoms with Crippen LogP contribution in [0.25, 0.3) is 0 Å². The van der Waals surface area contributed by atoms with Crippen LogP contribution in [0.15, 0.2) is 43.5 Å². The van der Waals surface area contributed by atoms with Crippen LogP contribution in [0, 0.1) is 5.41 Å². The van der Waals surface area contributed by atoms with Gasteiger partial charge in [0.25, 0.3) is 0 Å². The molecule has 0 saturated heterocycles. The third kappa shape index (κ3) is 2.35. The molecule has 0 atom stereocenters. The molecule has 2 rings (SSSR count). The monoisotopic (exact) mass is 256 g/mol. The van der Waals surface area contributed by atoms with E-state index >= 15 is 0 Å². The lowest BCUT2D eigenvalue weighted by Gasteiger charge is -2.35. The molecule has 0 radical (unpaired) electrons. The van der Waals surface area contributed by atoms with E-state index in [4.69, 9.17) is 4.74 Å². The lowest BCUT2D eigenvalue weighted by atomic mass is 9.67. The van der Waals surface area contributed by atoms with Gasteiger partial charge in [-0.25, -0.2) is 0 Å². The zero-order chi connectivity index (χ0) is 13.9. The van der Waals surface area contributed by atoms with E-state index in [1.807, 2.05) is 30.4 Å². The highest BCUT2D eigenvalue weighted by molar-refractivity contribution is 6.03. The SMILES string of the molecule is C=CCC1(CC=C)CCc2cc(OC)ccc2C1=O. The highest BCUT2D eigenvalue weighted by Crippen LogP contribution is 2.42. The number of carbonyl (C=O) groups excluding carboxylic acids is 1. The van der Waals surface area contributed by atoms with Gasteiger partial charge in [0.1, 0.15) is 5.75 Å². The number of aryl methyl sites for hydroxylation is 1. The maximum Gasteiger partial charge on any atom is 0.169 e. The van der Waals surface area contributed by atoms with E-state index in [0.29, 0.717) is 12.8 Å². The Hall–Kier alpha value is -1.83. The standard InChI is InChI=1S/C17H20O2/c1-4-9-17(10-5-2)11-8-13-12-14(19-3)6-7-15(13)16(17)18/h4-7,12H,1-2,8-11H2,3H3. The molecule has 100 valence electrons. The second-order valence-corrected chi connectivity index (χ2v) is 5.12. The lowest BCUT2D eigenvalue weighted by molar-refractivity contribution is 0.0763. The molecule has 0 saturated carbocycles. The Bertz CT molecular complexity index is 504. The number of methoxy groups -OCH3 is 1. The predicted molar refractivity (Wildman–Crippen MR) is 77.7 cm³/mol. The van der Waals surface area contributed by atoms with Gasteiger partial charge in [0, 0.05) is 11.0 Å². The Morgan fingerprint density at radius 1 is 1.32 bits per heavy atom. The van der Waals surface area contributed by atoms with Crippen molar-refractivity contribution in [2.45, 2.75) is 25.7 Å². The highest BCUT2D eigenvalue weighted by Gasteiger charge is 2.40. The maximum absolute atomic E-state index is 12.8. The number of ether oxygens (including phenoxy) is 1. The van der Waals surface area contributed by atoms with Crippen molar-refractivity contribution in [3.05, 3.63) is 54.6 Å². The summed E-state index contributed by atoms with van der Waals surface area (Å²) >= 11 is 0. The Morgan fingerprint density at radius 3 is 2.58 bits per heavy atom. The summed E-state index contributed by atoms with van der Waals surface area (Å²) in [6.07, 6.45) is 6.86. The van der Waals surface area contributed by atoms with Crippen LogP contribution >= 0.6 is 0 Å². The first-order valence-electron chi connectivity index (χ1n) is 6.60. The summed E-state index contributed by atoms with van der Waals surface area (Å²) in [6, 6.07) is 5.71. The zero-order valence-electron chi connectivity index (χ0n) is 11.4. The summed E-state index contributed by atoms with van der Waals surface area (Å²) in [5, 5.41) is 0. The molecule has 2 heteroatoms. The van der Waals surface area contributed by atoms with Crippen molar-refractivity contribution in [1.82, 2.24) is 0 Å². The Balaban J connectivity index is 2.42. The van der Waals surface area contributed by atoms with E-state index < -0.39 is 0 Å². The number of rotatable bonds is 5. The summed E-state index contributed by atoms with van der Waals surface area (Å²) in [7, 11) is 1.64. The summed E-state index contributed by atoms with van der Waals surface area (Å²) in [4.78, 5) is 12.8. The number of Topliss-reactive ketones (excluding diaryl/α,β-unsaturated/α-hetero) is 1. The normalized spacial score (nSPS) is 16.6. The number of allylic oxidation sites excluding steroid dienone is 2. The summed E-state index contributed by atoms with van der Waals surface area (Å²) in [6.45, 7) is 7.59. The molecule has 0 fully saturated rings. The van der Waals surface area contributed by atoms with E-state index in [1.54, 1.807) is 7.11 Å². The number of hydrogen-bond acceptors (Lipinski definition) is 2. The summed E-state index contributed by atoms with van der Waals surface area (Å²) in [5.41, 5.74) is 1.58. The first-order chi connectivity index (χ1) is 9.16. The number of ketones is 1. The molecular formula is C17H20O2. The quantitative estimate of drug-likeness (QED) is 0.745. The van der Waals surface area contributed by atoms with Crippen molar-refractivity contribution in [1.29, 1.82) is 0 Å². The largest absolute Gasteiger partial charge is 0.497 e. The minimum Gasteiger partial charge on any atom is -0.497 e. The minimum atomic E-state index is -0.342. The molecule has 0 aliphatic heterocycles. The van der Waals surface area contributed by atoms with Crippen LogP contribution in [-0.4, -0.2) is 12.9 Å². The van der Waals surface area contributed by atoms with E-state index in [1.165, 1.54) is 0 Å². The topological polar surface area (TPSA) is 26.3 Å². The molecule has 2 nitrogen and oxygen atoms in total. The first-order valence-corrected chi connectivity index (χ1v) is 6.60. The smallest absolute Gasteiger partial charge is 0.169 e. The molecule has 19 heavy (non-hydrogen) atoms. The van der Waals surface area contributed by atoms with Gasteiger partial charge in [0.05, 0.1) is 7.11 Å². The molecule has 1 aromatic rings. The Morgan fingerprint density at radius 2 is 2.00 bits per heavy atom. The minimum absolute atomic E-state index is 0.219. The molecule has 0 bridgehead atoms. The van der Waals surface area contributed by atoms with Crippen LogP contribution in [0.4, 0.5) is 0 Å². The van der Waals surface area contributed by atoms with Gasteiger partial charge in [0.2, 0.25) is 0 Å². The van der Waals surface area contributed by atoms with Crippen LogP contribution in [0.5, 0.6) is 5.75 Å². The number of fused-ring (bicyclic) bond motifs is 1. The van der Waals surface area contributed by atoms with Crippen molar-refractivity contribution in [2.24, 2.45) is 5.41 Å². The van der Waals surface area contributed by atoms with Crippen LogP contribution < -0.4 is 4.74 Å². The van der Waals surface area contributed by atoms with Crippen LogP contribution in [-0.2, 0) is 6.42 Å². The fourth-order valence-electron chi connectivity index (χ4n) is 2.92. The van der Waals surface area contributed by atoms with Gasteiger partial charge in [0.15, 0.2) is 5.78 Å². The number of carbonyl (C=O) groups is 1. The summed E-state index contributed by atoms with van der Waals surface area (Å²) < 4.78 is 5.22. The average Bonchev–Trinajstić information content (AvgIpc) is 2.43. The molecule has 1 aliphatic carbocycles. The van der Waals surface area contributed by atoms with E-state index in [-0.39, 0.29) is 11.2 Å². The van der Waals surface area contributed by atoms with Gasteiger partial charge in [-0.15, -0.1) is 13.2 Å². The Labute approximate surface area is 114 Å². The summed E-state index contributed by atoms with van der Waals surface area (Å²) in [5.74, 6) is 1.03. The molecule has 0 amide bonds. The van der Waals surface area contributed by atoms with E-state index in [0.717, 1.165) is 29.7 Å². The third-order valence-electron chi connectivity index (χ3n) is 3.98. The van der Waals surface area contributed by atoms with Crippen molar-refractivity contribution in [2.75, 3.05) is 7.11 Å². The van der Waals surface area contributed by atoms with E-state index in [2.05, 4.69) is 13.2 Å². The van der Waals surface area contributed by atoms with Gasteiger partial charge < -0.3 is 4.74 Å². The molecule has 1 aromatic carbocycles. The van der Waals surface area contributed by atoms with E-state index in [9.17, 15) is 4.79 Å². The molecule has 0 heterocycles. The molecule has 0 N–H and O–H groups in total. The molecule has 0 spiro atoms. The van der Waals surface area contributed by atoms with Gasteiger partial charge in [-0.05, 0) is 49.4 Å². The van der Waals surface area contributed by atoms with Crippen LogP contribution in [0.3, 0.4) is 0 Å². The molecule has 1 aliphatic rings. The van der Waals surface area contributed by atoms with Crippen LogP contribution in [0.1, 0.15) is 35.2 Å².